The summed E-state index contributed by atoms with van der Waals surface area (Å²) in [7, 11) is -3.88. The smallest absolute Gasteiger partial charge is 0.264 e. The van der Waals surface area contributed by atoms with Crippen molar-refractivity contribution >= 4 is 21.6 Å². The van der Waals surface area contributed by atoms with Gasteiger partial charge in [-0.1, -0.05) is 36.2 Å². The SMILES string of the molecule is Cc1ccc(S(=O)(=O)N(CC(=O)N[C@H]2C[C@@H]3CC[C@H]2C3)c2cccc(C)c2C)cc1. The molecule has 0 heterocycles. The average Bonchev–Trinajstić information content (AvgIpc) is 3.32. The lowest BCUT2D eigenvalue weighted by Gasteiger charge is -2.28. The number of nitrogens with one attached hydrogen (secondary N) is 1. The van der Waals surface area contributed by atoms with Gasteiger partial charge in [0.25, 0.3) is 10.0 Å². The molecule has 0 aliphatic heterocycles. The quantitative estimate of drug-likeness (QED) is 0.756. The third kappa shape index (κ3) is 3.97. The minimum atomic E-state index is -3.88. The van der Waals surface area contributed by atoms with Crippen LogP contribution in [0.15, 0.2) is 47.4 Å². The molecule has 0 spiro atoms. The van der Waals surface area contributed by atoms with Crippen molar-refractivity contribution in [3.8, 4) is 0 Å². The number of sulfonamides is 1. The summed E-state index contributed by atoms with van der Waals surface area (Å²) in [5.41, 5.74) is 3.39. The number of aryl methyl sites for hydroxylation is 2. The first-order valence-corrected chi connectivity index (χ1v) is 12.1. The lowest BCUT2D eigenvalue weighted by atomic mass is 9.95. The second kappa shape index (κ2) is 8.06. The fourth-order valence-electron chi connectivity index (χ4n) is 4.95. The van der Waals surface area contributed by atoms with Crippen LogP contribution in [-0.2, 0) is 14.8 Å². The molecule has 1 amide bonds. The molecule has 30 heavy (non-hydrogen) atoms. The molecule has 0 aromatic heterocycles. The Labute approximate surface area is 179 Å². The lowest BCUT2D eigenvalue weighted by molar-refractivity contribution is -0.120. The van der Waals surface area contributed by atoms with Gasteiger partial charge in [-0.15, -0.1) is 0 Å². The van der Waals surface area contributed by atoms with Gasteiger partial charge in [0, 0.05) is 6.04 Å². The van der Waals surface area contributed by atoms with Gasteiger partial charge in [-0.05, 0) is 81.2 Å². The molecule has 2 aliphatic carbocycles. The van der Waals surface area contributed by atoms with E-state index in [9.17, 15) is 13.2 Å². The van der Waals surface area contributed by atoms with E-state index >= 15 is 0 Å². The third-order valence-corrected chi connectivity index (χ3v) is 8.60. The van der Waals surface area contributed by atoms with E-state index in [1.807, 2.05) is 32.9 Å². The van der Waals surface area contributed by atoms with Gasteiger partial charge in [-0.2, -0.15) is 0 Å². The molecule has 2 bridgehead atoms. The van der Waals surface area contributed by atoms with Gasteiger partial charge in [-0.25, -0.2) is 8.42 Å². The molecule has 6 heteroatoms. The number of fused-ring (bicyclic) bond motifs is 2. The number of carbonyl (C=O) groups excluding carboxylic acids is 1. The summed E-state index contributed by atoms with van der Waals surface area (Å²) in [4.78, 5) is 13.2. The largest absolute Gasteiger partial charge is 0.352 e. The molecular formula is C24H30N2O3S. The van der Waals surface area contributed by atoms with Crippen LogP contribution in [0.1, 0.15) is 42.4 Å². The van der Waals surface area contributed by atoms with Gasteiger partial charge < -0.3 is 5.32 Å². The zero-order valence-corrected chi connectivity index (χ0v) is 18.7. The first-order valence-electron chi connectivity index (χ1n) is 10.7. The summed E-state index contributed by atoms with van der Waals surface area (Å²) in [6, 6.07) is 12.5. The fourth-order valence-corrected chi connectivity index (χ4v) is 6.43. The number of amides is 1. The number of rotatable bonds is 6. The minimum Gasteiger partial charge on any atom is -0.352 e. The Bertz CT molecular complexity index is 1050. The van der Waals surface area contributed by atoms with E-state index in [1.54, 1.807) is 30.3 Å². The van der Waals surface area contributed by atoms with Crippen molar-refractivity contribution < 1.29 is 13.2 Å². The fraction of sp³-hybridized carbons (Fsp3) is 0.458. The molecular weight excluding hydrogens is 396 g/mol. The first kappa shape index (κ1) is 20.9. The summed E-state index contributed by atoms with van der Waals surface area (Å²) >= 11 is 0. The summed E-state index contributed by atoms with van der Waals surface area (Å²) < 4.78 is 28.4. The molecule has 4 rings (SSSR count). The van der Waals surface area contributed by atoms with E-state index in [-0.39, 0.29) is 23.4 Å². The maximum atomic E-state index is 13.6. The number of nitrogens with zero attached hydrogens (tertiary/aromatic N) is 1. The molecule has 2 aromatic rings. The third-order valence-electron chi connectivity index (χ3n) is 6.83. The highest BCUT2D eigenvalue weighted by Crippen LogP contribution is 2.44. The predicted octanol–water partition coefficient (Wildman–Crippen LogP) is 4.11. The van der Waals surface area contributed by atoms with Crippen molar-refractivity contribution in [1.82, 2.24) is 5.32 Å². The molecule has 3 atom stereocenters. The standard InChI is InChI=1S/C24H30N2O3S/c1-16-7-11-21(12-8-16)30(28,29)26(23-6-4-5-17(2)18(23)3)15-24(27)25-22-14-19-9-10-20(22)13-19/h4-8,11-12,19-20,22H,9-10,13-15H2,1-3H3,(H,25,27)/t19-,20+,22+/m1/s1. The van der Waals surface area contributed by atoms with Crippen LogP contribution >= 0.6 is 0 Å². The second-order valence-electron chi connectivity index (χ2n) is 8.89. The highest BCUT2D eigenvalue weighted by molar-refractivity contribution is 7.92. The molecule has 0 saturated heterocycles. The van der Waals surface area contributed by atoms with Gasteiger partial charge in [0.2, 0.25) is 5.91 Å². The monoisotopic (exact) mass is 426 g/mol. The van der Waals surface area contributed by atoms with Gasteiger partial charge >= 0.3 is 0 Å². The highest BCUT2D eigenvalue weighted by atomic mass is 32.2. The molecule has 2 aromatic carbocycles. The summed E-state index contributed by atoms with van der Waals surface area (Å²) in [5.74, 6) is 1.03. The molecule has 0 radical (unpaired) electrons. The molecule has 160 valence electrons. The minimum absolute atomic E-state index is 0.179. The summed E-state index contributed by atoms with van der Waals surface area (Å²) in [6.45, 7) is 5.55. The van der Waals surface area contributed by atoms with E-state index in [0.29, 0.717) is 17.5 Å². The van der Waals surface area contributed by atoms with Gasteiger partial charge in [0.15, 0.2) is 0 Å². The van der Waals surface area contributed by atoms with Crippen molar-refractivity contribution in [3.63, 3.8) is 0 Å². The van der Waals surface area contributed by atoms with Gasteiger partial charge in [0.1, 0.15) is 6.54 Å². The number of hydrogen-bond donors (Lipinski definition) is 1. The zero-order valence-electron chi connectivity index (χ0n) is 17.9. The normalized spacial score (nSPS) is 22.8. The molecule has 2 aliphatic rings. The number of anilines is 1. The predicted molar refractivity (Wildman–Crippen MR) is 119 cm³/mol. The Hall–Kier alpha value is -2.34. The highest BCUT2D eigenvalue weighted by Gasteiger charge is 2.40. The molecule has 2 fully saturated rings. The number of carbonyl (C=O) groups is 1. The number of benzene rings is 2. The van der Waals surface area contributed by atoms with Crippen LogP contribution in [0, 0.1) is 32.6 Å². The second-order valence-corrected chi connectivity index (χ2v) is 10.8. The molecule has 0 unspecified atom stereocenters. The Morgan fingerprint density at radius 1 is 1.03 bits per heavy atom. The van der Waals surface area contributed by atoms with Crippen LogP contribution in [0.25, 0.3) is 0 Å². The van der Waals surface area contributed by atoms with Crippen LogP contribution in [0.2, 0.25) is 0 Å². The van der Waals surface area contributed by atoms with Gasteiger partial charge in [0.05, 0.1) is 10.6 Å². The van der Waals surface area contributed by atoms with E-state index in [1.165, 1.54) is 17.1 Å². The van der Waals surface area contributed by atoms with Crippen LogP contribution in [-0.4, -0.2) is 26.9 Å². The molecule has 5 nitrogen and oxygen atoms in total. The van der Waals surface area contributed by atoms with Crippen molar-refractivity contribution in [3.05, 3.63) is 59.2 Å². The van der Waals surface area contributed by atoms with Crippen LogP contribution < -0.4 is 9.62 Å². The van der Waals surface area contributed by atoms with E-state index in [2.05, 4.69) is 5.32 Å². The molecule has 2 saturated carbocycles. The summed E-state index contributed by atoms with van der Waals surface area (Å²) in [6.07, 6.45) is 4.63. The lowest BCUT2D eigenvalue weighted by Crippen LogP contribution is -2.46. The first-order chi connectivity index (χ1) is 14.3. The van der Waals surface area contributed by atoms with Crippen LogP contribution in [0.4, 0.5) is 5.69 Å². The van der Waals surface area contributed by atoms with Crippen LogP contribution in [0.3, 0.4) is 0 Å². The maximum absolute atomic E-state index is 13.6. The Morgan fingerprint density at radius 2 is 1.77 bits per heavy atom. The summed E-state index contributed by atoms with van der Waals surface area (Å²) in [5, 5.41) is 3.13. The van der Waals surface area contributed by atoms with Crippen molar-refractivity contribution in [1.29, 1.82) is 0 Å². The Balaban J connectivity index is 1.64. The van der Waals surface area contributed by atoms with Crippen LogP contribution in [0.5, 0.6) is 0 Å². The van der Waals surface area contributed by atoms with E-state index in [0.717, 1.165) is 29.5 Å². The maximum Gasteiger partial charge on any atom is 0.264 e. The zero-order chi connectivity index (χ0) is 21.5. The Morgan fingerprint density at radius 3 is 2.40 bits per heavy atom. The van der Waals surface area contributed by atoms with Gasteiger partial charge in [-0.3, -0.25) is 9.10 Å². The topological polar surface area (TPSA) is 66.5 Å². The van der Waals surface area contributed by atoms with E-state index in [4.69, 9.17) is 0 Å². The Kier molecular flexibility index (Phi) is 5.62. The van der Waals surface area contributed by atoms with Crippen molar-refractivity contribution in [2.24, 2.45) is 11.8 Å². The van der Waals surface area contributed by atoms with E-state index < -0.39 is 10.0 Å². The average molecular weight is 427 g/mol. The number of hydrogen-bond acceptors (Lipinski definition) is 3. The molecule has 1 N–H and O–H groups in total. The van der Waals surface area contributed by atoms with Crippen molar-refractivity contribution in [2.45, 2.75) is 57.4 Å². The van der Waals surface area contributed by atoms with Crippen molar-refractivity contribution in [2.75, 3.05) is 10.8 Å².